The zero-order chi connectivity index (χ0) is 18.1. The zero-order valence-corrected chi connectivity index (χ0v) is 14.9. The lowest BCUT2D eigenvalue weighted by Gasteiger charge is -2.31. The second kappa shape index (κ2) is 6.78. The van der Waals surface area contributed by atoms with E-state index in [0.717, 1.165) is 36.3 Å². The van der Waals surface area contributed by atoms with Gasteiger partial charge in [-0.15, -0.1) is 0 Å². The Kier molecular flexibility index (Phi) is 4.32. The largest absolute Gasteiger partial charge is 0.458 e. The Morgan fingerprint density at radius 2 is 2.12 bits per heavy atom. The number of rotatable bonds is 3. The van der Waals surface area contributed by atoms with Crippen LogP contribution in [0.5, 0.6) is 0 Å². The Morgan fingerprint density at radius 3 is 2.88 bits per heavy atom. The maximum atomic E-state index is 12.8. The molecule has 1 amide bonds. The molecule has 0 radical (unpaired) electrons. The number of nitrogens with zero attached hydrogens (tertiary/aromatic N) is 3. The molecule has 6 heteroatoms. The monoisotopic (exact) mass is 351 g/mol. The number of carbonyl (C=O) groups excluding carboxylic acids is 1. The first-order valence-corrected chi connectivity index (χ1v) is 8.86. The smallest absolute Gasteiger partial charge is 0.253 e. The molecule has 3 heterocycles. The van der Waals surface area contributed by atoms with E-state index in [-0.39, 0.29) is 11.8 Å². The predicted molar refractivity (Wildman–Crippen MR) is 95.8 cm³/mol. The van der Waals surface area contributed by atoms with Crippen LogP contribution in [0, 0.1) is 13.8 Å². The molecule has 0 aliphatic carbocycles. The van der Waals surface area contributed by atoms with Gasteiger partial charge in [0.25, 0.3) is 5.91 Å². The van der Waals surface area contributed by atoms with Gasteiger partial charge in [0.1, 0.15) is 5.76 Å². The van der Waals surface area contributed by atoms with Crippen molar-refractivity contribution in [1.82, 2.24) is 15.0 Å². The van der Waals surface area contributed by atoms with E-state index >= 15 is 0 Å². The lowest BCUT2D eigenvalue weighted by molar-refractivity contribution is 0.0695. The quantitative estimate of drug-likeness (QED) is 0.714. The van der Waals surface area contributed by atoms with E-state index in [2.05, 4.69) is 10.1 Å². The van der Waals surface area contributed by atoms with Crippen molar-refractivity contribution in [2.45, 2.75) is 32.6 Å². The summed E-state index contributed by atoms with van der Waals surface area (Å²) < 4.78 is 11.0. The molecule has 1 aromatic carbocycles. The van der Waals surface area contributed by atoms with Gasteiger partial charge in [-0.2, -0.15) is 4.98 Å². The molecule has 1 fully saturated rings. The molecule has 134 valence electrons. The molecule has 6 nitrogen and oxygen atoms in total. The lowest BCUT2D eigenvalue weighted by atomic mass is 9.97. The van der Waals surface area contributed by atoms with Gasteiger partial charge in [-0.05, 0) is 51.0 Å². The third-order valence-corrected chi connectivity index (χ3v) is 4.73. The Labute approximate surface area is 151 Å². The fourth-order valence-electron chi connectivity index (χ4n) is 3.38. The molecule has 0 saturated carbocycles. The minimum Gasteiger partial charge on any atom is -0.458 e. The summed E-state index contributed by atoms with van der Waals surface area (Å²) in [5.74, 6) is 2.53. The Bertz CT molecular complexity index is 928. The Morgan fingerprint density at radius 1 is 1.23 bits per heavy atom. The van der Waals surface area contributed by atoms with Crippen molar-refractivity contribution in [3.8, 4) is 11.6 Å². The van der Waals surface area contributed by atoms with Gasteiger partial charge in [-0.3, -0.25) is 4.79 Å². The van der Waals surface area contributed by atoms with E-state index in [0.29, 0.717) is 24.0 Å². The van der Waals surface area contributed by atoms with Crippen molar-refractivity contribution >= 4 is 5.91 Å². The zero-order valence-electron chi connectivity index (χ0n) is 14.9. The molecule has 1 aliphatic heterocycles. The maximum Gasteiger partial charge on any atom is 0.253 e. The number of furan rings is 1. The van der Waals surface area contributed by atoms with Crippen LogP contribution in [0.2, 0.25) is 0 Å². The molecule has 26 heavy (non-hydrogen) atoms. The van der Waals surface area contributed by atoms with Crippen molar-refractivity contribution in [1.29, 1.82) is 0 Å². The molecule has 0 spiro atoms. The summed E-state index contributed by atoms with van der Waals surface area (Å²) in [5.41, 5.74) is 1.81. The summed E-state index contributed by atoms with van der Waals surface area (Å²) in [7, 11) is 0. The minimum absolute atomic E-state index is 0.0508. The average molecular weight is 351 g/mol. The lowest BCUT2D eigenvalue weighted by Crippen LogP contribution is -2.39. The van der Waals surface area contributed by atoms with Crippen LogP contribution in [0.4, 0.5) is 0 Å². The van der Waals surface area contributed by atoms with Crippen LogP contribution < -0.4 is 0 Å². The fraction of sp³-hybridized carbons (Fsp3) is 0.350. The molecule has 1 aliphatic rings. The molecule has 2 aromatic heterocycles. The van der Waals surface area contributed by atoms with E-state index in [1.807, 2.05) is 55.1 Å². The highest BCUT2D eigenvalue weighted by Crippen LogP contribution is 2.29. The van der Waals surface area contributed by atoms with Crippen molar-refractivity contribution in [2.75, 3.05) is 13.1 Å². The van der Waals surface area contributed by atoms with Crippen LogP contribution in [0.3, 0.4) is 0 Å². The summed E-state index contributed by atoms with van der Waals surface area (Å²) in [6, 6.07) is 11.4. The molecule has 0 bridgehead atoms. The molecule has 1 saturated heterocycles. The number of hydrogen-bond acceptors (Lipinski definition) is 5. The minimum atomic E-state index is 0.0508. The van der Waals surface area contributed by atoms with E-state index in [1.165, 1.54) is 0 Å². The number of amides is 1. The maximum absolute atomic E-state index is 12.8. The first-order valence-electron chi connectivity index (χ1n) is 8.86. The second-order valence-electron chi connectivity index (χ2n) is 6.83. The van der Waals surface area contributed by atoms with Gasteiger partial charge in [0.15, 0.2) is 5.76 Å². The number of likely N-dealkylation sites (tertiary alicyclic amines) is 1. The molecule has 1 atom stereocenters. The summed E-state index contributed by atoms with van der Waals surface area (Å²) in [5, 5.41) is 4.03. The van der Waals surface area contributed by atoms with Crippen LogP contribution in [0.1, 0.15) is 46.3 Å². The van der Waals surface area contributed by atoms with Gasteiger partial charge in [0.2, 0.25) is 11.7 Å². The molecule has 0 N–H and O–H groups in total. The molecule has 0 unspecified atom stereocenters. The third-order valence-electron chi connectivity index (χ3n) is 4.73. The van der Waals surface area contributed by atoms with Gasteiger partial charge < -0.3 is 13.8 Å². The van der Waals surface area contributed by atoms with E-state index in [9.17, 15) is 4.79 Å². The highest BCUT2D eigenvalue weighted by Gasteiger charge is 2.29. The van der Waals surface area contributed by atoms with Gasteiger partial charge in [0, 0.05) is 18.7 Å². The standard InChI is InChI=1S/C20H21N3O3/c1-13-5-3-6-15(11-13)20(24)23-10-4-7-16(12-23)19-21-18(22-26-19)17-9-8-14(2)25-17/h3,5-6,8-9,11,16H,4,7,10,12H2,1-2H3/t16-/m0/s1. The van der Waals surface area contributed by atoms with Gasteiger partial charge in [0.05, 0.1) is 5.92 Å². The first-order chi connectivity index (χ1) is 12.6. The first kappa shape index (κ1) is 16.6. The van der Waals surface area contributed by atoms with Crippen molar-refractivity contribution < 1.29 is 13.7 Å². The van der Waals surface area contributed by atoms with Gasteiger partial charge >= 0.3 is 0 Å². The average Bonchev–Trinajstić information content (AvgIpc) is 3.30. The highest BCUT2D eigenvalue weighted by molar-refractivity contribution is 5.94. The normalized spacial score (nSPS) is 17.5. The Balaban J connectivity index is 1.50. The number of hydrogen-bond donors (Lipinski definition) is 0. The van der Waals surface area contributed by atoms with Crippen molar-refractivity contribution in [2.24, 2.45) is 0 Å². The van der Waals surface area contributed by atoms with Crippen LogP contribution in [-0.4, -0.2) is 34.0 Å². The Hall–Kier alpha value is -2.89. The number of aryl methyl sites for hydroxylation is 2. The van der Waals surface area contributed by atoms with Crippen LogP contribution in [-0.2, 0) is 0 Å². The second-order valence-corrected chi connectivity index (χ2v) is 6.83. The van der Waals surface area contributed by atoms with Crippen molar-refractivity contribution in [3.05, 3.63) is 59.2 Å². The number of piperidine rings is 1. The van der Waals surface area contributed by atoms with Crippen LogP contribution in [0.25, 0.3) is 11.6 Å². The van der Waals surface area contributed by atoms with Crippen molar-refractivity contribution in [3.63, 3.8) is 0 Å². The summed E-state index contributed by atoms with van der Waals surface area (Å²) in [6.07, 6.45) is 1.84. The number of carbonyl (C=O) groups is 1. The van der Waals surface area contributed by atoms with Crippen LogP contribution in [0.15, 0.2) is 45.3 Å². The fourth-order valence-corrected chi connectivity index (χ4v) is 3.38. The third kappa shape index (κ3) is 3.27. The molecule has 3 aromatic rings. The SMILES string of the molecule is Cc1cccc(C(=O)N2CCC[C@H](c3nc(-c4ccc(C)o4)no3)C2)c1. The van der Waals surface area contributed by atoms with E-state index in [1.54, 1.807) is 0 Å². The van der Waals surface area contributed by atoms with Gasteiger partial charge in [-0.1, -0.05) is 22.9 Å². The predicted octanol–water partition coefficient (Wildman–Crippen LogP) is 3.97. The van der Waals surface area contributed by atoms with E-state index in [4.69, 9.17) is 8.94 Å². The van der Waals surface area contributed by atoms with Gasteiger partial charge in [-0.25, -0.2) is 0 Å². The molecular weight excluding hydrogens is 330 g/mol. The summed E-state index contributed by atoms with van der Waals surface area (Å²) >= 11 is 0. The summed E-state index contributed by atoms with van der Waals surface area (Å²) in [6.45, 7) is 5.21. The molecule has 4 rings (SSSR count). The summed E-state index contributed by atoms with van der Waals surface area (Å²) in [4.78, 5) is 19.2. The van der Waals surface area contributed by atoms with Crippen LogP contribution >= 0.6 is 0 Å². The van der Waals surface area contributed by atoms with E-state index < -0.39 is 0 Å². The highest BCUT2D eigenvalue weighted by atomic mass is 16.5. The number of aromatic nitrogens is 2. The number of benzene rings is 1. The molecular formula is C20H21N3O3. The topological polar surface area (TPSA) is 72.4 Å².